The largest absolute Gasteiger partial charge is 0.324 e. The van der Waals surface area contributed by atoms with Gasteiger partial charge in [-0.15, -0.1) is 11.3 Å². The number of thiazole rings is 1. The van der Waals surface area contributed by atoms with Gasteiger partial charge in [0.2, 0.25) is 5.91 Å². The average Bonchev–Trinajstić information content (AvgIpc) is 3.33. The maximum Gasteiger partial charge on any atom is 0.261 e. The monoisotopic (exact) mass is 401 g/mol. The predicted octanol–water partition coefficient (Wildman–Crippen LogP) is 3.41. The van der Waals surface area contributed by atoms with Crippen molar-refractivity contribution in [3.63, 3.8) is 0 Å². The van der Waals surface area contributed by atoms with Crippen LogP contribution >= 0.6 is 11.3 Å². The molecule has 5 rings (SSSR count). The molecule has 0 radical (unpaired) electrons. The molecule has 0 atom stereocenters. The summed E-state index contributed by atoms with van der Waals surface area (Å²) in [7, 11) is 0. The Balaban J connectivity index is 1.42. The average molecular weight is 401 g/mol. The number of nitrogens with one attached hydrogen (secondary N) is 1. The fourth-order valence-electron chi connectivity index (χ4n) is 3.24. The summed E-state index contributed by atoms with van der Waals surface area (Å²) in [6, 6.07) is 14.6. The molecule has 29 heavy (non-hydrogen) atoms. The molecule has 0 aliphatic heterocycles. The van der Waals surface area contributed by atoms with E-state index in [1.807, 2.05) is 52.5 Å². The van der Waals surface area contributed by atoms with Crippen molar-refractivity contribution in [2.75, 3.05) is 5.32 Å². The smallest absolute Gasteiger partial charge is 0.261 e. The van der Waals surface area contributed by atoms with Gasteiger partial charge in [0.05, 0.1) is 28.6 Å². The van der Waals surface area contributed by atoms with Crippen LogP contribution in [0.2, 0.25) is 0 Å². The third kappa shape index (κ3) is 3.19. The third-order valence-corrected chi connectivity index (χ3v) is 5.39. The third-order valence-electron chi connectivity index (χ3n) is 4.62. The first-order valence-corrected chi connectivity index (χ1v) is 9.83. The van der Waals surface area contributed by atoms with Gasteiger partial charge in [-0.3, -0.25) is 18.6 Å². The molecule has 0 unspecified atom stereocenters. The van der Waals surface area contributed by atoms with Crippen molar-refractivity contribution in [3.05, 3.63) is 83.0 Å². The number of nitrogens with zero attached hydrogens (tertiary/aromatic N) is 4. The Bertz CT molecular complexity index is 1390. The molecule has 0 aliphatic carbocycles. The van der Waals surface area contributed by atoms with Crippen molar-refractivity contribution >= 4 is 38.8 Å². The molecular formula is C21H15N5O2S. The van der Waals surface area contributed by atoms with E-state index in [9.17, 15) is 9.59 Å². The summed E-state index contributed by atoms with van der Waals surface area (Å²) in [5.74, 6) is -0.308. The van der Waals surface area contributed by atoms with Crippen molar-refractivity contribution in [1.82, 2.24) is 18.9 Å². The topological polar surface area (TPSA) is 81.3 Å². The number of hydrogen-bond acceptors (Lipinski definition) is 5. The van der Waals surface area contributed by atoms with Crippen molar-refractivity contribution in [1.29, 1.82) is 0 Å². The predicted molar refractivity (Wildman–Crippen MR) is 113 cm³/mol. The molecule has 0 saturated carbocycles. The highest BCUT2D eigenvalue weighted by Crippen LogP contribution is 2.28. The van der Waals surface area contributed by atoms with E-state index in [4.69, 9.17) is 0 Å². The maximum atomic E-state index is 12.7. The van der Waals surface area contributed by atoms with Crippen molar-refractivity contribution < 1.29 is 4.79 Å². The first kappa shape index (κ1) is 17.3. The number of aromatic nitrogens is 4. The second-order valence-electron chi connectivity index (χ2n) is 6.51. The molecule has 0 aliphatic rings. The van der Waals surface area contributed by atoms with Gasteiger partial charge in [-0.05, 0) is 18.2 Å². The van der Waals surface area contributed by atoms with Crippen molar-refractivity contribution in [3.8, 4) is 11.3 Å². The molecule has 8 heteroatoms. The minimum absolute atomic E-state index is 0.122. The fraction of sp³-hybridized carbons (Fsp3) is 0.0476. The number of anilines is 1. The van der Waals surface area contributed by atoms with Crippen LogP contribution in [0.25, 0.3) is 27.1 Å². The Morgan fingerprint density at radius 3 is 2.83 bits per heavy atom. The SMILES string of the molecule is O=C(Cn1cnc2ccccc2c1=O)Nc1ccccc1-c1cn2ccsc2n1. The molecule has 0 spiro atoms. The lowest BCUT2D eigenvalue weighted by Gasteiger charge is -2.11. The van der Waals surface area contributed by atoms with Gasteiger partial charge in [0.15, 0.2) is 4.96 Å². The van der Waals surface area contributed by atoms with E-state index < -0.39 is 0 Å². The number of amides is 1. The van der Waals surface area contributed by atoms with E-state index in [1.165, 1.54) is 10.9 Å². The lowest BCUT2D eigenvalue weighted by molar-refractivity contribution is -0.116. The number of hydrogen-bond donors (Lipinski definition) is 1. The van der Waals surface area contributed by atoms with Crippen molar-refractivity contribution in [2.24, 2.45) is 0 Å². The summed E-state index contributed by atoms with van der Waals surface area (Å²) in [6.45, 7) is -0.122. The van der Waals surface area contributed by atoms with E-state index in [0.29, 0.717) is 16.6 Å². The van der Waals surface area contributed by atoms with Crippen LogP contribution in [0.15, 0.2) is 77.4 Å². The Morgan fingerprint density at radius 2 is 1.93 bits per heavy atom. The second kappa shape index (κ2) is 6.99. The van der Waals surface area contributed by atoms with Crippen LogP contribution < -0.4 is 10.9 Å². The van der Waals surface area contributed by atoms with Gasteiger partial charge in [0, 0.05) is 23.3 Å². The number of carbonyl (C=O) groups excluding carboxylic acids is 1. The molecule has 5 aromatic rings. The highest BCUT2D eigenvalue weighted by Gasteiger charge is 2.13. The summed E-state index contributed by atoms with van der Waals surface area (Å²) in [6.07, 6.45) is 5.27. The van der Waals surface area contributed by atoms with E-state index in [-0.39, 0.29) is 18.0 Å². The molecule has 3 aromatic heterocycles. The van der Waals surface area contributed by atoms with Crippen LogP contribution in [0.5, 0.6) is 0 Å². The van der Waals surface area contributed by atoms with E-state index >= 15 is 0 Å². The first-order chi connectivity index (χ1) is 14.2. The summed E-state index contributed by atoms with van der Waals surface area (Å²) < 4.78 is 3.26. The zero-order chi connectivity index (χ0) is 19.8. The van der Waals surface area contributed by atoms with Gasteiger partial charge in [-0.2, -0.15) is 0 Å². The fourth-order valence-corrected chi connectivity index (χ4v) is 3.94. The number of imidazole rings is 1. The zero-order valence-electron chi connectivity index (χ0n) is 15.1. The lowest BCUT2D eigenvalue weighted by atomic mass is 10.1. The molecule has 2 aromatic carbocycles. The minimum Gasteiger partial charge on any atom is -0.324 e. The van der Waals surface area contributed by atoms with Gasteiger partial charge in [0.25, 0.3) is 5.56 Å². The number of para-hydroxylation sites is 2. The summed E-state index contributed by atoms with van der Waals surface area (Å²) in [5, 5.41) is 5.35. The summed E-state index contributed by atoms with van der Waals surface area (Å²) in [5.41, 5.74) is 2.61. The van der Waals surface area contributed by atoms with Crippen molar-refractivity contribution in [2.45, 2.75) is 6.54 Å². The van der Waals surface area contributed by atoms with Crippen LogP contribution in [0.3, 0.4) is 0 Å². The summed E-state index contributed by atoms with van der Waals surface area (Å²) in [4.78, 5) is 35.0. The molecule has 3 heterocycles. The molecular weight excluding hydrogens is 386 g/mol. The standard InChI is InChI=1S/C21H15N5O2S/c27-19(12-26-13-22-16-7-3-2-6-15(16)20(26)28)23-17-8-4-1-5-14(17)18-11-25-9-10-29-21(25)24-18/h1-11,13H,12H2,(H,23,27). The molecule has 142 valence electrons. The molecule has 1 N–H and O–H groups in total. The first-order valence-electron chi connectivity index (χ1n) is 8.95. The van der Waals surface area contributed by atoms with Crippen LogP contribution in [-0.2, 0) is 11.3 Å². The van der Waals surface area contributed by atoms with Gasteiger partial charge >= 0.3 is 0 Å². The molecule has 0 fully saturated rings. The van der Waals surface area contributed by atoms with Gasteiger partial charge in [-0.1, -0.05) is 30.3 Å². The van der Waals surface area contributed by atoms with Gasteiger partial charge in [0.1, 0.15) is 6.54 Å². The quantitative estimate of drug-likeness (QED) is 0.500. The number of carbonyl (C=O) groups is 1. The van der Waals surface area contributed by atoms with Gasteiger partial charge < -0.3 is 5.32 Å². The lowest BCUT2D eigenvalue weighted by Crippen LogP contribution is -2.28. The van der Waals surface area contributed by atoms with Crippen LogP contribution in [0.4, 0.5) is 5.69 Å². The highest BCUT2D eigenvalue weighted by atomic mass is 32.1. The molecule has 0 bridgehead atoms. The number of fused-ring (bicyclic) bond motifs is 2. The minimum atomic E-state index is -0.308. The Labute approximate surface area is 168 Å². The zero-order valence-corrected chi connectivity index (χ0v) is 16.0. The Kier molecular flexibility index (Phi) is 4.18. The second-order valence-corrected chi connectivity index (χ2v) is 7.38. The summed E-state index contributed by atoms with van der Waals surface area (Å²) >= 11 is 1.55. The number of rotatable bonds is 4. The number of benzene rings is 2. The molecule has 0 saturated heterocycles. The molecule has 7 nitrogen and oxygen atoms in total. The Hall–Kier alpha value is -3.78. The highest BCUT2D eigenvalue weighted by molar-refractivity contribution is 7.15. The molecule has 1 amide bonds. The van der Waals surface area contributed by atoms with Crippen LogP contribution in [0, 0.1) is 0 Å². The van der Waals surface area contributed by atoms with E-state index in [2.05, 4.69) is 15.3 Å². The van der Waals surface area contributed by atoms with E-state index in [1.54, 1.807) is 29.5 Å². The normalized spacial score (nSPS) is 11.2. The maximum absolute atomic E-state index is 12.7. The Morgan fingerprint density at radius 1 is 1.10 bits per heavy atom. The van der Waals surface area contributed by atoms with Crippen LogP contribution in [0.1, 0.15) is 0 Å². The van der Waals surface area contributed by atoms with E-state index in [0.717, 1.165) is 16.2 Å². The van der Waals surface area contributed by atoms with Crippen LogP contribution in [-0.4, -0.2) is 24.8 Å². The van der Waals surface area contributed by atoms with Gasteiger partial charge in [-0.25, -0.2) is 9.97 Å².